The van der Waals surface area contributed by atoms with Crippen LogP contribution in [0.25, 0.3) is 21.2 Å². The number of carbonyl (C=O) groups is 1. The Morgan fingerprint density at radius 1 is 1.23 bits per heavy atom. The van der Waals surface area contributed by atoms with E-state index in [2.05, 4.69) is 10.5 Å². The highest BCUT2D eigenvalue weighted by atomic mass is 32.1. The van der Waals surface area contributed by atoms with Gasteiger partial charge in [0.1, 0.15) is 11.3 Å². The zero-order valence-corrected chi connectivity index (χ0v) is 17.1. The Morgan fingerprint density at radius 2 is 2.07 bits per heavy atom. The minimum absolute atomic E-state index is 0.196. The fraction of sp³-hybridized carbons (Fsp3) is 0.227. The van der Waals surface area contributed by atoms with E-state index < -0.39 is 0 Å². The Hall–Kier alpha value is -3.39. The third-order valence-corrected chi connectivity index (χ3v) is 6.42. The normalized spacial score (nSPS) is 13.7. The highest BCUT2D eigenvalue weighted by Gasteiger charge is 2.19. The molecule has 0 bridgehead atoms. The second-order valence-electron chi connectivity index (χ2n) is 7.20. The first-order valence-corrected chi connectivity index (χ1v) is 10.5. The summed E-state index contributed by atoms with van der Waals surface area (Å²) in [4.78, 5) is 25.0. The average molecular weight is 421 g/mol. The zero-order valence-electron chi connectivity index (χ0n) is 16.3. The first kappa shape index (κ1) is 18.6. The van der Waals surface area contributed by atoms with E-state index in [0.717, 1.165) is 46.0 Å². The van der Waals surface area contributed by atoms with E-state index in [1.54, 1.807) is 12.1 Å². The minimum Gasteiger partial charge on any atom is -0.484 e. The standard InChI is InChI=1S/C22H19N3O4S/c1-25-17-7-2-3-8-19(17)30-22(25)24-23-20(26)12-28-13-9-10-15-14-5-4-6-16(14)21(27)29-18(15)11-13/h2-3,7-11H,4-6,12H2,1H3,(H,23,26)/b24-22+. The maximum Gasteiger partial charge on any atom is 0.339 e. The summed E-state index contributed by atoms with van der Waals surface area (Å²) in [6.45, 7) is -0.196. The molecule has 152 valence electrons. The number of para-hydroxylation sites is 1. The molecule has 2 aromatic heterocycles. The minimum atomic E-state index is -0.372. The number of rotatable bonds is 4. The predicted molar refractivity (Wildman–Crippen MR) is 115 cm³/mol. The van der Waals surface area contributed by atoms with Crippen molar-refractivity contribution in [1.29, 1.82) is 0 Å². The molecular formula is C22H19N3O4S. The molecule has 0 atom stereocenters. The topological polar surface area (TPSA) is 85.8 Å². The van der Waals surface area contributed by atoms with Gasteiger partial charge < -0.3 is 13.7 Å². The first-order chi connectivity index (χ1) is 14.6. The number of nitrogens with one attached hydrogen (secondary N) is 1. The summed E-state index contributed by atoms with van der Waals surface area (Å²) in [6, 6.07) is 13.3. The largest absolute Gasteiger partial charge is 0.484 e. The lowest BCUT2D eigenvalue weighted by Gasteiger charge is -2.08. The van der Waals surface area contributed by atoms with Gasteiger partial charge in [-0.25, -0.2) is 10.2 Å². The van der Waals surface area contributed by atoms with Crippen LogP contribution < -0.4 is 20.6 Å². The van der Waals surface area contributed by atoms with Crippen molar-refractivity contribution in [2.75, 3.05) is 6.61 Å². The number of fused-ring (bicyclic) bond motifs is 4. The van der Waals surface area contributed by atoms with E-state index in [0.29, 0.717) is 16.1 Å². The summed E-state index contributed by atoms with van der Waals surface area (Å²) in [5.74, 6) is 0.0918. The molecular weight excluding hydrogens is 402 g/mol. The Morgan fingerprint density at radius 3 is 2.93 bits per heavy atom. The number of carbonyl (C=O) groups excluding carboxylic acids is 1. The SMILES string of the molecule is Cn1/c(=N\NC(=O)COc2ccc3c4c(c(=O)oc3c2)CCC4)sc2ccccc21. The van der Waals surface area contributed by atoms with Gasteiger partial charge in [-0.05, 0) is 49.1 Å². The predicted octanol–water partition coefficient (Wildman–Crippen LogP) is 2.85. The number of nitrogens with zero attached hydrogens (tertiary/aromatic N) is 2. The lowest BCUT2D eigenvalue weighted by Crippen LogP contribution is -2.27. The summed E-state index contributed by atoms with van der Waals surface area (Å²) in [7, 11) is 1.90. The molecule has 1 aliphatic carbocycles. The Labute approximate surface area is 175 Å². The van der Waals surface area contributed by atoms with Crippen LogP contribution in [-0.2, 0) is 24.7 Å². The van der Waals surface area contributed by atoms with Crippen LogP contribution in [0.1, 0.15) is 17.5 Å². The summed E-state index contributed by atoms with van der Waals surface area (Å²) in [6.07, 6.45) is 2.63. The van der Waals surface area contributed by atoms with Crippen LogP contribution in [0.15, 0.2) is 56.8 Å². The zero-order chi connectivity index (χ0) is 20.7. The molecule has 0 radical (unpaired) electrons. The van der Waals surface area contributed by atoms with Crippen LogP contribution in [0.3, 0.4) is 0 Å². The molecule has 1 amide bonds. The molecule has 0 spiro atoms. The Kier molecular flexibility index (Phi) is 4.63. The van der Waals surface area contributed by atoms with Gasteiger partial charge in [0.2, 0.25) is 4.80 Å². The number of thiazole rings is 1. The van der Waals surface area contributed by atoms with Crippen molar-refractivity contribution in [2.24, 2.45) is 12.1 Å². The van der Waals surface area contributed by atoms with Gasteiger partial charge in [0, 0.05) is 24.1 Å². The molecule has 0 aliphatic heterocycles. The molecule has 0 saturated carbocycles. The summed E-state index contributed by atoms with van der Waals surface area (Å²) < 4.78 is 14.0. The van der Waals surface area contributed by atoms with Gasteiger partial charge in [-0.1, -0.05) is 23.5 Å². The molecule has 1 aliphatic rings. The first-order valence-electron chi connectivity index (χ1n) is 9.69. The van der Waals surface area contributed by atoms with Crippen LogP contribution >= 0.6 is 11.3 Å². The van der Waals surface area contributed by atoms with Crippen LogP contribution in [0, 0.1) is 0 Å². The molecule has 1 N–H and O–H groups in total. The molecule has 2 aromatic carbocycles. The fourth-order valence-corrected chi connectivity index (χ4v) is 4.81. The summed E-state index contributed by atoms with van der Waals surface area (Å²) in [5.41, 5.74) is 5.64. The van der Waals surface area contributed by atoms with Crippen LogP contribution in [0.2, 0.25) is 0 Å². The number of hydrogen-bond acceptors (Lipinski definition) is 6. The van der Waals surface area contributed by atoms with Gasteiger partial charge in [0.05, 0.1) is 10.2 Å². The second-order valence-corrected chi connectivity index (χ2v) is 8.21. The third-order valence-electron chi connectivity index (χ3n) is 5.31. The number of amides is 1. The molecule has 4 aromatic rings. The van der Waals surface area contributed by atoms with Crippen molar-refractivity contribution in [1.82, 2.24) is 9.99 Å². The molecule has 0 fully saturated rings. The quantitative estimate of drug-likeness (QED) is 0.406. The van der Waals surface area contributed by atoms with Gasteiger partial charge >= 0.3 is 5.63 Å². The van der Waals surface area contributed by atoms with Gasteiger partial charge in [-0.3, -0.25) is 4.79 Å². The van der Waals surface area contributed by atoms with E-state index in [1.807, 2.05) is 41.9 Å². The molecule has 30 heavy (non-hydrogen) atoms. The van der Waals surface area contributed by atoms with Crippen molar-refractivity contribution < 1.29 is 13.9 Å². The van der Waals surface area contributed by atoms with E-state index >= 15 is 0 Å². The van der Waals surface area contributed by atoms with Gasteiger partial charge in [-0.2, -0.15) is 0 Å². The number of benzene rings is 2. The van der Waals surface area contributed by atoms with E-state index in [1.165, 1.54) is 11.3 Å². The Balaban J connectivity index is 1.30. The van der Waals surface area contributed by atoms with Gasteiger partial charge in [0.25, 0.3) is 5.91 Å². The molecule has 0 unspecified atom stereocenters. The van der Waals surface area contributed by atoms with Crippen LogP contribution in [0.4, 0.5) is 0 Å². The van der Waals surface area contributed by atoms with Crippen LogP contribution in [0.5, 0.6) is 5.75 Å². The van der Waals surface area contributed by atoms with Crippen molar-refractivity contribution in [2.45, 2.75) is 19.3 Å². The maximum absolute atomic E-state index is 12.2. The lowest BCUT2D eigenvalue weighted by molar-refractivity contribution is -0.123. The van der Waals surface area contributed by atoms with Crippen molar-refractivity contribution in [3.8, 4) is 5.75 Å². The highest BCUT2D eigenvalue weighted by Crippen LogP contribution is 2.29. The second kappa shape index (κ2) is 7.46. The fourth-order valence-electron chi connectivity index (χ4n) is 3.83. The number of aryl methyl sites for hydroxylation is 2. The Bertz CT molecular complexity index is 1410. The number of ether oxygens (including phenoxy) is 1. The average Bonchev–Trinajstić information content (AvgIpc) is 3.37. The smallest absolute Gasteiger partial charge is 0.339 e. The highest BCUT2D eigenvalue weighted by molar-refractivity contribution is 7.16. The molecule has 2 heterocycles. The van der Waals surface area contributed by atoms with Crippen LogP contribution in [-0.4, -0.2) is 17.1 Å². The lowest BCUT2D eigenvalue weighted by atomic mass is 10.1. The van der Waals surface area contributed by atoms with Crippen molar-refractivity contribution in [3.63, 3.8) is 0 Å². The van der Waals surface area contributed by atoms with E-state index in [9.17, 15) is 9.59 Å². The third kappa shape index (κ3) is 3.29. The van der Waals surface area contributed by atoms with E-state index in [-0.39, 0.29) is 18.1 Å². The molecule has 0 saturated heterocycles. The molecule has 5 rings (SSSR count). The van der Waals surface area contributed by atoms with Crippen molar-refractivity contribution >= 4 is 38.4 Å². The summed E-state index contributed by atoms with van der Waals surface area (Å²) >= 11 is 1.49. The number of hydrogen-bond donors (Lipinski definition) is 1. The monoisotopic (exact) mass is 421 g/mol. The van der Waals surface area contributed by atoms with Gasteiger partial charge in [-0.15, -0.1) is 5.10 Å². The molecule has 8 heteroatoms. The summed E-state index contributed by atoms with van der Waals surface area (Å²) in [5, 5.41) is 5.13. The van der Waals surface area contributed by atoms with Crippen molar-refractivity contribution in [3.05, 3.63) is 68.8 Å². The molecule has 7 nitrogen and oxygen atoms in total. The number of aromatic nitrogens is 1. The maximum atomic E-state index is 12.2. The van der Waals surface area contributed by atoms with E-state index in [4.69, 9.17) is 9.15 Å². The van der Waals surface area contributed by atoms with Gasteiger partial charge in [0.15, 0.2) is 6.61 Å².